The molecule has 1 aliphatic heterocycles. The molecule has 0 unspecified atom stereocenters. The topological polar surface area (TPSA) is 35.5 Å². The predicted molar refractivity (Wildman–Crippen MR) is 81.2 cm³/mol. The summed E-state index contributed by atoms with van der Waals surface area (Å²) in [7, 11) is 0. The zero-order chi connectivity index (χ0) is 14.7. The van der Waals surface area contributed by atoms with E-state index in [1.54, 1.807) is 6.07 Å². The van der Waals surface area contributed by atoms with Gasteiger partial charge in [-0.15, -0.1) is 0 Å². The monoisotopic (exact) mass is 282 g/mol. The molecule has 0 N–H and O–H groups in total. The highest BCUT2D eigenvalue weighted by Crippen LogP contribution is 2.32. The summed E-state index contributed by atoms with van der Waals surface area (Å²) in [5.74, 6) is 1.71. The second kappa shape index (κ2) is 6.00. The molecule has 1 atom stereocenters. The van der Waals surface area contributed by atoms with Gasteiger partial charge in [0.25, 0.3) is 0 Å². The van der Waals surface area contributed by atoms with E-state index in [0.717, 1.165) is 0 Å². The second-order valence-electron chi connectivity index (χ2n) is 5.30. The van der Waals surface area contributed by atoms with Crippen LogP contribution < -0.4 is 9.47 Å². The molecule has 0 amide bonds. The quantitative estimate of drug-likeness (QED) is 0.799. The molecule has 0 radical (unpaired) electrons. The lowest BCUT2D eigenvalue weighted by molar-refractivity contribution is 0.0974. The van der Waals surface area contributed by atoms with Crippen LogP contribution in [0.5, 0.6) is 11.5 Å². The maximum absolute atomic E-state index is 12.4. The second-order valence-corrected chi connectivity index (χ2v) is 5.30. The van der Waals surface area contributed by atoms with Crippen LogP contribution in [0.25, 0.3) is 0 Å². The molecular formula is C18H18O3. The number of hydrogen-bond acceptors (Lipinski definition) is 3. The van der Waals surface area contributed by atoms with Gasteiger partial charge in [-0.3, -0.25) is 4.79 Å². The van der Waals surface area contributed by atoms with Crippen molar-refractivity contribution in [1.82, 2.24) is 0 Å². The van der Waals surface area contributed by atoms with Gasteiger partial charge in [0.15, 0.2) is 17.3 Å². The summed E-state index contributed by atoms with van der Waals surface area (Å²) in [5, 5.41) is 0. The number of carbonyl (C=O) groups is 1. The van der Waals surface area contributed by atoms with Crippen molar-refractivity contribution in [3.8, 4) is 11.5 Å². The van der Waals surface area contributed by atoms with Crippen molar-refractivity contribution >= 4 is 5.78 Å². The summed E-state index contributed by atoms with van der Waals surface area (Å²) in [4.78, 5) is 12.4. The van der Waals surface area contributed by atoms with Crippen molar-refractivity contribution in [2.45, 2.75) is 19.3 Å². The van der Waals surface area contributed by atoms with E-state index in [1.165, 1.54) is 5.56 Å². The predicted octanol–water partition coefficient (Wildman–Crippen LogP) is 3.83. The molecule has 0 aromatic heterocycles. The molecule has 0 saturated heterocycles. The minimum atomic E-state index is 0.128. The molecule has 0 saturated carbocycles. The molecule has 0 fully saturated rings. The van der Waals surface area contributed by atoms with Crippen molar-refractivity contribution in [2.24, 2.45) is 0 Å². The zero-order valence-corrected chi connectivity index (χ0v) is 12.0. The first kappa shape index (κ1) is 13.7. The fraction of sp³-hybridized carbons (Fsp3) is 0.278. The SMILES string of the molecule is C[C@H](CC(=O)c1ccc2c(c1)OCCO2)c1ccccc1. The Morgan fingerprint density at radius 2 is 1.76 bits per heavy atom. The molecule has 1 aliphatic rings. The van der Waals surface area contributed by atoms with E-state index in [9.17, 15) is 4.79 Å². The Balaban J connectivity index is 1.73. The van der Waals surface area contributed by atoms with E-state index in [-0.39, 0.29) is 11.7 Å². The molecule has 2 aromatic carbocycles. The number of ether oxygens (including phenoxy) is 2. The van der Waals surface area contributed by atoms with Crippen molar-refractivity contribution < 1.29 is 14.3 Å². The third kappa shape index (κ3) is 3.07. The molecule has 3 heteroatoms. The van der Waals surface area contributed by atoms with E-state index in [2.05, 4.69) is 19.1 Å². The molecule has 1 heterocycles. The fourth-order valence-electron chi connectivity index (χ4n) is 2.51. The lowest BCUT2D eigenvalue weighted by atomic mass is 9.93. The summed E-state index contributed by atoms with van der Waals surface area (Å²) in [6, 6.07) is 15.5. The van der Waals surface area contributed by atoms with Crippen LogP contribution in [0.15, 0.2) is 48.5 Å². The van der Waals surface area contributed by atoms with Gasteiger partial charge in [0, 0.05) is 12.0 Å². The number of fused-ring (bicyclic) bond motifs is 1. The number of Topliss-reactive ketones (excluding diaryl/α,β-unsaturated/α-hetero) is 1. The van der Waals surface area contributed by atoms with Crippen LogP contribution in [0.4, 0.5) is 0 Å². The molecule has 2 aromatic rings. The molecule has 0 bridgehead atoms. The lowest BCUT2D eigenvalue weighted by Gasteiger charge is -2.19. The first-order valence-electron chi connectivity index (χ1n) is 7.22. The van der Waals surface area contributed by atoms with Crippen molar-refractivity contribution in [3.63, 3.8) is 0 Å². The number of benzene rings is 2. The van der Waals surface area contributed by atoms with E-state index in [0.29, 0.717) is 36.7 Å². The van der Waals surface area contributed by atoms with Gasteiger partial charge in [-0.2, -0.15) is 0 Å². The van der Waals surface area contributed by atoms with Gasteiger partial charge in [0.05, 0.1) is 0 Å². The molecule has 0 spiro atoms. The van der Waals surface area contributed by atoms with Crippen LogP contribution in [-0.4, -0.2) is 19.0 Å². The number of carbonyl (C=O) groups excluding carboxylic acids is 1. The fourth-order valence-corrected chi connectivity index (χ4v) is 2.51. The minimum Gasteiger partial charge on any atom is -0.486 e. The smallest absolute Gasteiger partial charge is 0.163 e. The molecular weight excluding hydrogens is 264 g/mol. The first-order valence-corrected chi connectivity index (χ1v) is 7.22. The normalized spacial score (nSPS) is 14.5. The van der Waals surface area contributed by atoms with Crippen molar-refractivity contribution in [2.75, 3.05) is 13.2 Å². The summed E-state index contributed by atoms with van der Waals surface area (Å²) >= 11 is 0. The molecule has 21 heavy (non-hydrogen) atoms. The largest absolute Gasteiger partial charge is 0.486 e. The highest BCUT2D eigenvalue weighted by atomic mass is 16.6. The summed E-state index contributed by atoms with van der Waals surface area (Å²) in [6.07, 6.45) is 0.490. The van der Waals surface area contributed by atoms with E-state index in [1.807, 2.05) is 30.3 Å². The maximum atomic E-state index is 12.4. The molecule has 108 valence electrons. The van der Waals surface area contributed by atoms with Crippen LogP contribution >= 0.6 is 0 Å². The highest BCUT2D eigenvalue weighted by Gasteiger charge is 2.17. The summed E-state index contributed by atoms with van der Waals surface area (Å²) < 4.78 is 11.0. The van der Waals surface area contributed by atoms with Crippen LogP contribution in [0.2, 0.25) is 0 Å². The van der Waals surface area contributed by atoms with Gasteiger partial charge in [-0.1, -0.05) is 37.3 Å². The summed E-state index contributed by atoms with van der Waals surface area (Å²) in [5.41, 5.74) is 1.87. The lowest BCUT2D eigenvalue weighted by Crippen LogP contribution is -2.16. The average molecular weight is 282 g/mol. The number of ketones is 1. The van der Waals surface area contributed by atoms with Crippen LogP contribution in [0, 0.1) is 0 Å². The Kier molecular flexibility index (Phi) is 3.91. The van der Waals surface area contributed by atoms with E-state index in [4.69, 9.17) is 9.47 Å². The van der Waals surface area contributed by atoms with Crippen LogP contribution in [0.3, 0.4) is 0 Å². The van der Waals surface area contributed by atoms with E-state index < -0.39 is 0 Å². The summed E-state index contributed by atoms with van der Waals surface area (Å²) in [6.45, 7) is 3.17. The van der Waals surface area contributed by atoms with Crippen molar-refractivity contribution in [3.05, 3.63) is 59.7 Å². The number of rotatable bonds is 4. The Bertz CT molecular complexity index is 634. The third-order valence-corrected chi connectivity index (χ3v) is 3.72. The Labute approximate surface area is 124 Å². The molecule has 3 nitrogen and oxygen atoms in total. The molecule has 3 rings (SSSR count). The van der Waals surface area contributed by atoms with E-state index >= 15 is 0 Å². The van der Waals surface area contributed by atoms with Gasteiger partial charge in [0.1, 0.15) is 13.2 Å². The van der Waals surface area contributed by atoms with Gasteiger partial charge in [-0.25, -0.2) is 0 Å². The molecule has 0 aliphatic carbocycles. The minimum absolute atomic E-state index is 0.128. The van der Waals surface area contributed by atoms with Crippen LogP contribution in [0.1, 0.15) is 35.2 Å². The van der Waals surface area contributed by atoms with Gasteiger partial charge < -0.3 is 9.47 Å². The van der Waals surface area contributed by atoms with Gasteiger partial charge in [-0.05, 0) is 29.7 Å². The van der Waals surface area contributed by atoms with Gasteiger partial charge >= 0.3 is 0 Å². The Morgan fingerprint density at radius 1 is 1.05 bits per heavy atom. The Morgan fingerprint density at radius 3 is 2.52 bits per heavy atom. The van der Waals surface area contributed by atoms with Gasteiger partial charge in [0.2, 0.25) is 0 Å². The first-order chi connectivity index (χ1) is 10.2. The Hall–Kier alpha value is -2.29. The number of hydrogen-bond donors (Lipinski definition) is 0. The zero-order valence-electron chi connectivity index (χ0n) is 12.0. The third-order valence-electron chi connectivity index (χ3n) is 3.72. The standard InChI is InChI=1S/C18H18O3/c1-13(14-5-3-2-4-6-14)11-16(19)15-7-8-17-18(12-15)21-10-9-20-17/h2-8,12-13H,9-11H2,1H3/t13-/m1/s1. The average Bonchev–Trinajstić information content (AvgIpc) is 2.55. The maximum Gasteiger partial charge on any atom is 0.163 e. The van der Waals surface area contributed by atoms with Crippen LogP contribution in [-0.2, 0) is 0 Å². The highest BCUT2D eigenvalue weighted by molar-refractivity contribution is 5.97. The van der Waals surface area contributed by atoms with Crippen molar-refractivity contribution in [1.29, 1.82) is 0 Å².